The number of nitrogens with zero attached hydrogens (tertiary/aromatic N) is 3. The average molecular weight is 449 g/mol. The fraction of sp³-hybridized carbons (Fsp3) is 0.409. The molecule has 4 rings (SSSR count). The first-order valence-electron chi connectivity index (χ1n) is 9.97. The van der Waals surface area contributed by atoms with Crippen molar-refractivity contribution in [3.63, 3.8) is 0 Å². The third kappa shape index (κ3) is 4.72. The van der Waals surface area contributed by atoms with Crippen LogP contribution in [0.25, 0.3) is 10.6 Å². The van der Waals surface area contributed by atoms with Crippen molar-refractivity contribution >= 4 is 11.3 Å². The fourth-order valence-corrected chi connectivity index (χ4v) is 4.33. The molecule has 2 aromatic heterocycles. The highest BCUT2D eigenvalue weighted by molar-refractivity contribution is 7.13. The van der Waals surface area contributed by atoms with Gasteiger partial charge in [0.15, 0.2) is 0 Å². The molecule has 0 bridgehead atoms. The number of aromatic nitrogens is 3. The summed E-state index contributed by atoms with van der Waals surface area (Å²) in [5.74, 6) is 0.699. The summed E-state index contributed by atoms with van der Waals surface area (Å²) in [5, 5.41) is 2.59. The normalized spacial score (nSPS) is 15.2. The number of fused-ring (bicyclic) bond motifs is 1. The highest BCUT2D eigenvalue weighted by atomic mass is 32.1. The van der Waals surface area contributed by atoms with Gasteiger partial charge in [0.25, 0.3) is 5.56 Å². The van der Waals surface area contributed by atoms with E-state index in [1.807, 2.05) is 26.2 Å². The molecule has 0 spiro atoms. The molecular weight excluding hydrogens is 425 g/mol. The molecule has 9 heteroatoms. The van der Waals surface area contributed by atoms with Gasteiger partial charge in [0.1, 0.15) is 10.8 Å². The van der Waals surface area contributed by atoms with Gasteiger partial charge in [-0.3, -0.25) is 9.69 Å². The summed E-state index contributed by atoms with van der Waals surface area (Å²) in [6, 6.07) is 5.04. The van der Waals surface area contributed by atoms with Gasteiger partial charge in [-0.1, -0.05) is 32.9 Å². The molecule has 1 aliphatic heterocycles. The van der Waals surface area contributed by atoms with E-state index >= 15 is 0 Å². The molecule has 5 nitrogen and oxygen atoms in total. The van der Waals surface area contributed by atoms with Gasteiger partial charge >= 0.3 is 6.18 Å². The largest absolute Gasteiger partial charge is 0.416 e. The number of halogens is 3. The van der Waals surface area contributed by atoms with Crippen molar-refractivity contribution in [2.24, 2.45) is 0 Å². The summed E-state index contributed by atoms with van der Waals surface area (Å²) in [6.07, 6.45) is -3.66. The van der Waals surface area contributed by atoms with Crippen LogP contribution in [-0.4, -0.2) is 26.4 Å². The lowest BCUT2D eigenvalue weighted by atomic mass is 9.95. The highest BCUT2D eigenvalue weighted by Gasteiger charge is 2.30. The maximum Gasteiger partial charge on any atom is 0.416 e. The standard InChI is InChI=1S/C22H23F3N4OS/c1-21(2,3)20-27-17-8-9-29(11-16(17)18(30)28-20)10-15-12-31-19(26-15)13-4-6-14(7-5-13)22(23,24)25/h4-7,12H,8-11H2,1-3H3,(H,27,28,30). The van der Waals surface area contributed by atoms with Crippen LogP contribution in [0.5, 0.6) is 0 Å². The molecule has 164 valence electrons. The monoisotopic (exact) mass is 448 g/mol. The molecule has 0 saturated carbocycles. The zero-order valence-corrected chi connectivity index (χ0v) is 18.3. The molecule has 0 amide bonds. The van der Waals surface area contributed by atoms with Crippen LogP contribution in [0.2, 0.25) is 0 Å². The number of H-pyrrole nitrogens is 1. The summed E-state index contributed by atoms with van der Waals surface area (Å²) >= 11 is 1.40. The van der Waals surface area contributed by atoms with Crippen molar-refractivity contribution in [2.75, 3.05) is 6.54 Å². The molecule has 0 saturated heterocycles. The third-order valence-electron chi connectivity index (χ3n) is 5.25. The van der Waals surface area contributed by atoms with Crippen LogP contribution in [0.1, 0.15) is 49.1 Å². The number of thiazole rings is 1. The van der Waals surface area contributed by atoms with E-state index in [2.05, 4.69) is 19.9 Å². The maximum absolute atomic E-state index is 12.8. The molecular formula is C22H23F3N4OS. The van der Waals surface area contributed by atoms with Gasteiger partial charge in [-0.25, -0.2) is 9.97 Å². The molecule has 3 aromatic rings. The number of alkyl halides is 3. The maximum atomic E-state index is 12.8. The van der Waals surface area contributed by atoms with Crippen molar-refractivity contribution in [1.29, 1.82) is 0 Å². The Morgan fingerprint density at radius 1 is 1.13 bits per heavy atom. The van der Waals surface area contributed by atoms with Gasteiger partial charge < -0.3 is 4.98 Å². The number of benzene rings is 1. The fourth-order valence-electron chi connectivity index (χ4n) is 3.51. The van der Waals surface area contributed by atoms with Gasteiger partial charge in [-0.15, -0.1) is 11.3 Å². The van der Waals surface area contributed by atoms with E-state index in [-0.39, 0.29) is 11.0 Å². The van der Waals surface area contributed by atoms with Crippen molar-refractivity contribution < 1.29 is 13.2 Å². The molecule has 0 aliphatic carbocycles. The second-order valence-electron chi connectivity index (χ2n) is 8.77. The molecule has 0 atom stereocenters. The Bertz CT molecular complexity index is 1140. The minimum atomic E-state index is -4.35. The molecule has 0 unspecified atom stereocenters. The van der Waals surface area contributed by atoms with Crippen LogP contribution in [0.3, 0.4) is 0 Å². The van der Waals surface area contributed by atoms with E-state index in [1.54, 1.807) is 0 Å². The number of rotatable bonds is 3. The van der Waals surface area contributed by atoms with Crippen molar-refractivity contribution in [2.45, 2.75) is 51.9 Å². The van der Waals surface area contributed by atoms with E-state index < -0.39 is 11.7 Å². The minimum absolute atomic E-state index is 0.0941. The van der Waals surface area contributed by atoms with Gasteiger partial charge in [0.2, 0.25) is 0 Å². The lowest BCUT2D eigenvalue weighted by molar-refractivity contribution is -0.137. The molecule has 0 radical (unpaired) electrons. The Morgan fingerprint density at radius 2 is 1.84 bits per heavy atom. The molecule has 31 heavy (non-hydrogen) atoms. The summed E-state index contributed by atoms with van der Waals surface area (Å²) in [6.45, 7) is 7.88. The summed E-state index contributed by atoms with van der Waals surface area (Å²) in [5.41, 5.74) is 2.05. The van der Waals surface area contributed by atoms with Crippen LogP contribution >= 0.6 is 11.3 Å². The zero-order chi connectivity index (χ0) is 22.4. The Labute approximate surface area is 182 Å². The van der Waals surface area contributed by atoms with Crippen molar-refractivity contribution in [1.82, 2.24) is 19.9 Å². The number of hydrogen-bond donors (Lipinski definition) is 1. The molecule has 1 N–H and O–H groups in total. The van der Waals surface area contributed by atoms with Gasteiger partial charge in [0.05, 0.1) is 22.5 Å². The van der Waals surface area contributed by atoms with E-state index in [4.69, 9.17) is 0 Å². The Balaban J connectivity index is 1.47. The first-order chi connectivity index (χ1) is 14.5. The average Bonchev–Trinajstić information content (AvgIpc) is 3.15. The second-order valence-corrected chi connectivity index (χ2v) is 9.63. The lowest BCUT2D eigenvalue weighted by Gasteiger charge is -2.28. The third-order valence-corrected chi connectivity index (χ3v) is 6.19. The Morgan fingerprint density at radius 3 is 2.48 bits per heavy atom. The highest BCUT2D eigenvalue weighted by Crippen LogP contribution is 2.32. The van der Waals surface area contributed by atoms with Crippen LogP contribution in [-0.2, 0) is 31.1 Å². The second kappa shape index (κ2) is 7.87. The number of hydrogen-bond acceptors (Lipinski definition) is 5. The molecule has 3 heterocycles. The van der Waals surface area contributed by atoms with Crippen LogP contribution < -0.4 is 5.56 Å². The van der Waals surface area contributed by atoms with Crippen LogP contribution in [0, 0.1) is 0 Å². The van der Waals surface area contributed by atoms with Crippen molar-refractivity contribution in [3.8, 4) is 10.6 Å². The Hall–Kier alpha value is -2.52. The van der Waals surface area contributed by atoms with Gasteiger partial charge in [0, 0.05) is 42.4 Å². The van der Waals surface area contributed by atoms with E-state index in [0.29, 0.717) is 41.5 Å². The summed E-state index contributed by atoms with van der Waals surface area (Å²) in [7, 11) is 0. The van der Waals surface area contributed by atoms with Crippen LogP contribution in [0.15, 0.2) is 34.4 Å². The van der Waals surface area contributed by atoms with Gasteiger partial charge in [-0.05, 0) is 12.1 Å². The minimum Gasteiger partial charge on any atom is -0.310 e. The topological polar surface area (TPSA) is 61.9 Å². The van der Waals surface area contributed by atoms with E-state index in [1.165, 1.54) is 23.5 Å². The summed E-state index contributed by atoms with van der Waals surface area (Å²) in [4.78, 5) is 26.9. The van der Waals surface area contributed by atoms with E-state index in [0.717, 1.165) is 30.1 Å². The first kappa shape index (κ1) is 21.7. The number of nitrogens with one attached hydrogen (secondary N) is 1. The van der Waals surface area contributed by atoms with Gasteiger partial charge in [-0.2, -0.15) is 13.2 Å². The van der Waals surface area contributed by atoms with Crippen molar-refractivity contribution in [3.05, 3.63) is 68.3 Å². The summed E-state index contributed by atoms with van der Waals surface area (Å²) < 4.78 is 38.3. The lowest BCUT2D eigenvalue weighted by Crippen LogP contribution is -2.37. The molecule has 1 aromatic carbocycles. The quantitative estimate of drug-likeness (QED) is 0.627. The van der Waals surface area contributed by atoms with E-state index in [9.17, 15) is 18.0 Å². The first-order valence-corrected chi connectivity index (χ1v) is 10.9. The van der Waals surface area contributed by atoms with Crippen LogP contribution in [0.4, 0.5) is 13.2 Å². The smallest absolute Gasteiger partial charge is 0.310 e. The molecule has 0 fully saturated rings. The zero-order valence-electron chi connectivity index (χ0n) is 17.5. The number of aromatic amines is 1. The predicted octanol–water partition coefficient (Wildman–Crippen LogP) is 4.77. The molecule has 1 aliphatic rings. The SMILES string of the molecule is CC(C)(C)c1nc2c(c(=O)[nH]1)CN(Cc1csc(-c3ccc(C(F)(F)F)cc3)n1)CC2. The predicted molar refractivity (Wildman–Crippen MR) is 114 cm³/mol. The Kier molecular flexibility index (Phi) is 5.51.